The summed E-state index contributed by atoms with van der Waals surface area (Å²) in [5.74, 6) is -0.453. The minimum absolute atomic E-state index is 0.419. The second-order valence-electron chi connectivity index (χ2n) is 4.42. The number of carbonyl (C=O) groups is 1. The van der Waals surface area contributed by atoms with E-state index in [0.29, 0.717) is 23.6 Å². The Morgan fingerprint density at radius 3 is 2.35 bits per heavy atom. The molecule has 0 unspecified atom stereocenters. The summed E-state index contributed by atoms with van der Waals surface area (Å²) in [6, 6.07) is 16.4. The largest absolute Gasteiger partial charge is 0.479 e. The summed E-state index contributed by atoms with van der Waals surface area (Å²) < 4.78 is 5.49. The van der Waals surface area contributed by atoms with Crippen molar-refractivity contribution in [2.45, 2.75) is 18.9 Å². The van der Waals surface area contributed by atoms with Gasteiger partial charge in [-0.05, 0) is 42.7 Å². The monoisotopic (exact) mass is 290 g/mol. The Morgan fingerprint density at radius 2 is 1.75 bits per heavy atom. The van der Waals surface area contributed by atoms with Gasteiger partial charge in [0.05, 0.1) is 0 Å². The van der Waals surface area contributed by atoms with Gasteiger partial charge in [0.2, 0.25) is 0 Å². The molecule has 0 aliphatic heterocycles. The van der Waals surface area contributed by atoms with Gasteiger partial charge in [0.25, 0.3) is 0 Å². The fourth-order valence-corrected chi connectivity index (χ4v) is 1.98. The molecule has 0 saturated heterocycles. The molecule has 0 spiro atoms. The van der Waals surface area contributed by atoms with Gasteiger partial charge in [-0.2, -0.15) is 0 Å². The Hall–Kier alpha value is -2.00. The first-order valence-electron chi connectivity index (χ1n) is 6.34. The molecule has 4 heteroatoms. The van der Waals surface area contributed by atoms with E-state index in [1.807, 2.05) is 30.3 Å². The minimum Gasteiger partial charge on any atom is -0.479 e. The predicted octanol–water partition coefficient (Wildman–Crippen LogP) is 3.80. The fourth-order valence-electron chi connectivity index (χ4n) is 1.85. The van der Waals surface area contributed by atoms with E-state index in [2.05, 4.69) is 0 Å². The number of carboxylic acids is 1. The second-order valence-corrected chi connectivity index (χ2v) is 4.86. The zero-order chi connectivity index (χ0) is 14.4. The van der Waals surface area contributed by atoms with E-state index in [1.165, 1.54) is 0 Å². The van der Waals surface area contributed by atoms with E-state index in [0.717, 1.165) is 5.56 Å². The molecule has 104 valence electrons. The van der Waals surface area contributed by atoms with E-state index in [1.54, 1.807) is 24.3 Å². The van der Waals surface area contributed by atoms with Gasteiger partial charge in [-0.15, -0.1) is 0 Å². The summed E-state index contributed by atoms with van der Waals surface area (Å²) >= 11 is 5.78. The lowest BCUT2D eigenvalue weighted by molar-refractivity contribution is -0.145. The molecule has 0 aliphatic carbocycles. The van der Waals surface area contributed by atoms with E-state index in [4.69, 9.17) is 16.3 Å². The smallest absolute Gasteiger partial charge is 0.344 e. The van der Waals surface area contributed by atoms with Gasteiger partial charge in [-0.25, -0.2) is 4.79 Å². The van der Waals surface area contributed by atoms with Crippen molar-refractivity contribution in [2.75, 3.05) is 0 Å². The molecule has 2 aromatic carbocycles. The average Bonchev–Trinajstić information content (AvgIpc) is 2.46. The molecule has 1 atom stereocenters. The molecule has 1 N–H and O–H groups in total. The molecule has 0 fully saturated rings. The molecule has 0 aromatic heterocycles. The lowest BCUT2D eigenvalue weighted by Crippen LogP contribution is -2.27. The van der Waals surface area contributed by atoms with E-state index < -0.39 is 12.1 Å². The highest BCUT2D eigenvalue weighted by Crippen LogP contribution is 2.18. The van der Waals surface area contributed by atoms with Crippen LogP contribution < -0.4 is 4.74 Å². The Balaban J connectivity index is 1.97. The van der Waals surface area contributed by atoms with E-state index in [9.17, 15) is 9.90 Å². The van der Waals surface area contributed by atoms with Gasteiger partial charge in [0, 0.05) is 5.02 Å². The number of aryl methyl sites for hydroxylation is 1. The highest BCUT2D eigenvalue weighted by molar-refractivity contribution is 6.30. The highest BCUT2D eigenvalue weighted by atomic mass is 35.5. The summed E-state index contributed by atoms with van der Waals surface area (Å²) in [7, 11) is 0. The molecular formula is C16H15ClO3. The minimum atomic E-state index is -0.962. The maximum absolute atomic E-state index is 11.2. The summed E-state index contributed by atoms with van der Waals surface area (Å²) in [5.41, 5.74) is 1.10. The van der Waals surface area contributed by atoms with Gasteiger partial charge >= 0.3 is 5.97 Å². The van der Waals surface area contributed by atoms with Crippen LogP contribution in [0.3, 0.4) is 0 Å². The third-order valence-corrected chi connectivity index (χ3v) is 3.16. The number of benzene rings is 2. The maximum atomic E-state index is 11.2. The summed E-state index contributed by atoms with van der Waals surface area (Å²) in [4.78, 5) is 11.2. The topological polar surface area (TPSA) is 46.5 Å². The number of ether oxygens (including phenoxy) is 1. The van der Waals surface area contributed by atoms with Crippen LogP contribution in [0, 0.1) is 0 Å². The van der Waals surface area contributed by atoms with Gasteiger partial charge in [-0.3, -0.25) is 0 Å². The van der Waals surface area contributed by atoms with E-state index >= 15 is 0 Å². The lowest BCUT2D eigenvalue weighted by Gasteiger charge is -2.15. The van der Waals surface area contributed by atoms with Crippen molar-refractivity contribution in [3.63, 3.8) is 0 Å². The van der Waals surface area contributed by atoms with Crippen LogP contribution in [0.1, 0.15) is 12.0 Å². The first kappa shape index (κ1) is 14.4. The third kappa shape index (κ3) is 4.28. The SMILES string of the molecule is O=C(O)[C@H](CCc1ccccc1)Oc1ccc(Cl)cc1. The van der Waals surface area contributed by atoms with Crippen LogP contribution in [0.25, 0.3) is 0 Å². The van der Waals surface area contributed by atoms with Crippen molar-refractivity contribution in [1.82, 2.24) is 0 Å². The van der Waals surface area contributed by atoms with Crippen LogP contribution >= 0.6 is 11.6 Å². The summed E-state index contributed by atoms with van der Waals surface area (Å²) in [6.45, 7) is 0. The Kier molecular flexibility index (Phi) is 5.02. The van der Waals surface area contributed by atoms with Crippen LogP contribution in [0.4, 0.5) is 0 Å². The van der Waals surface area contributed by atoms with Gasteiger partial charge in [0.1, 0.15) is 5.75 Å². The zero-order valence-corrected chi connectivity index (χ0v) is 11.6. The first-order chi connectivity index (χ1) is 9.65. The molecule has 0 radical (unpaired) electrons. The molecule has 0 aliphatic rings. The van der Waals surface area contributed by atoms with Gasteiger partial charge < -0.3 is 9.84 Å². The summed E-state index contributed by atoms with van der Waals surface area (Å²) in [5, 5.41) is 9.81. The van der Waals surface area contributed by atoms with Crippen molar-refractivity contribution in [3.8, 4) is 5.75 Å². The number of aliphatic carboxylic acids is 1. The molecule has 2 aromatic rings. The van der Waals surface area contributed by atoms with Crippen molar-refractivity contribution >= 4 is 17.6 Å². The normalized spacial score (nSPS) is 11.8. The van der Waals surface area contributed by atoms with Crippen molar-refractivity contribution < 1.29 is 14.6 Å². The third-order valence-electron chi connectivity index (χ3n) is 2.91. The Labute approximate surface area is 122 Å². The molecule has 0 bridgehead atoms. The lowest BCUT2D eigenvalue weighted by atomic mass is 10.1. The van der Waals surface area contributed by atoms with Gasteiger partial charge in [-0.1, -0.05) is 41.9 Å². The van der Waals surface area contributed by atoms with E-state index in [-0.39, 0.29) is 0 Å². The molecule has 2 rings (SSSR count). The summed E-state index contributed by atoms with van der Waals surface area (Å²) in [6.07, 6.45) is 0.212. The Bertz CT molecular complexity index is 552. The number of carboxylic acid groups (broad SMARTS) is 1. The van der Waals surface area contributed by atoms with Crippen molar-refractivity contribution in [1.29, 1.82) is 0 Å². The van der Waals surface area contributed by atoms with Crippen molar-refractivity contribution in [3.05, 3.63) is 65.2 Å². The number of rotatable bonds is 6. The van der Waals surface area contributed by atoms with Crippen LogP contribution in [-0.4, -0.2) is 17.2 Å². The van der Waals surface area contributed by atoms with Crippen molar-refractivity contribution in [2.24, 2.45) is 0 Å². The first-order valence-corrected chi connectivity index (χ1v) is 6.72. The highest BCUT2D eigenvalue weighted by Gasteiger charge is 2.19. The molecule has 20 heavy (non-hydrogen) atoms. The molecule has 0 amide bonds. The molecule has 0 saturated carbocycles. The standard InChI is InChI=1S/C16H15ClO3/c17-13-7-9-14(10-8-13)20-15(16(18)19)11-6-12-4-2-1-3-5-12/h1-5,7-10,15H,6,11H2,(H,18,19)/t15-/m0/s1. The number of hydrogen-bond acceptors (Lipinski definition) is 2. The van der Waals surface area contributed by atoms with Crippen LogP contribution in [0.5, 0.6) is 5.75 Å². The quantitative estimate of drug-likeness (QED) is 0.880. The van der Waals surface area contributed by atoms with Gasteiger partial charge in [0.15, 0.2) is 6.10 Å². The van der Waals surface area contributed by atoms with Crippen LogP contribution in [0.2, 0.25) is 5.02 Å². The molecule has 0 heterocycles. The molecule has 3 nitrogen and oxygen atoms in total. The molecular weight excluding hydrogens is 276 g/mol. The van der Waals surface area contributed by atoms with Crippen LogP contribution in [0.15, 0.2) is 54.6 Å². The van der Waals surface area contributed by atoms with Crippen LogP contribution in [-0.2, 0) is 11.2 Å². The average molecular weight is 291 g/mol. The zero-order valence-electron chi connectivity index (χ0n) is 10.8. The number of hydrogen-bond donors (Lipinski definition) is 1. The Morgan fingerprint density at radius 1 is 1.10 bits per heavy atom. The second kappa shape index (κ2) is 6.96. The predicted molar refractivity (Wildman–Crippen MR) is 78.3 cm³/mol. The maximum Gasteiger partial charge on any atom is 0.344 e. The fraction of sp³-hybridized carbons (Fsp3) is 0.188. The number of halogens is 1.